The lowest BCUT2D eigenvalue weighted by Crippen LogP contribution is -2.58. The standard InChI is InChI=1S/C23H36F3N5O/c1-3-17(16(2)18-4-6-19(7-5-18)22(27)29-32)15-30-10-12-31(13-11-30)21-9-8-20(14-28-21)23(24,25)26/h4-7,16-17,20-21,28,32H,3,8-15H2,1-2H3,(H2,27,29). The van der Waals surface area contributed by atoms with Crippen molar-refractivity contribution in [2.75, 3.05) is 39.3 Å². The van der Waals surface area contributed by atoms with Crippen LogP contribution in [0.1, 0.15) is 50.2 Å². The average Bonchev–Trinajstić information content (AvgIpc) is 2.81. The minimum Gasteiger partial charge on any atom is -0.409 e. The van der Waals surface area contributed by atoms with Crippen LogP contribution >= 0.6 is 0 Å². The van der Waals surface area contributed by atoms with E-state index in [1.807, 2.05) is 24.3 Å². The van der Waals surface area contributed by atoms with E-state index in [1.165, 1.54) is 5.56 Å². The number of piperidine rings is 1. The smallest absolute Gasteiger partial charge is 0.393 e. The summed E-state index contributed by atoms with van der Waals surface area (Å²) in [7, 11) is 0. The van der Waals surface area contributed by atoms with Gasteiger partial charge in [0.05, 0.1) is 12.1 Å². The molecule has 180 valence electrons. The van der Waals surface area contributed by atoms with Crippen LogP contribution in [0.5, 0.6) is 0 Å². The van der Waals surface area contributed by atoms with Gasteiger partial charge >= 0.3 is 6.18 Å². The van der Waals surface area contributed by atoms with E-state index < -0.39 is 12.1 Å². The molecule has 0 aliphatic carbocycles. The molecule has 4 N–H and O–H groups in total. The average molecular weight is 456 g/mol. The fourth-order valence-electron chi connectivity index (χ4n) is 4.95. The van der Waals surface area contributed by atoms with Gasteiger partial charge in [0.25, 0.3) is 0 Å². The molecule has 2 heterocycles. The zero-order chi connectivity index (χ0) is 23.3. The van der Waals surface area contributed by atoms with Crippen LogP contribution < -0.4 is 11.1 Å². The summed E-state index contributed by atoms with van der Waals surface area (Å²) >= 11 is 0. The van der Waals surface area contributed by atoms with Gasteiger partial charge in [0.2, 0.25) is 0 Å². The summed E-state index contributed by atoms with van der Waals surface area (Å²) in [5.74, 6) is -0.237. The second kappa shape index (κ2) is 10.9. The van der Waals surface area contributed by atoms with Crippen LogP contribution in [0.3, 0.4) is 0 Å². The Labute approximate surface area is 188 Å². The van der Waals surface area contributed by atoms with Gasteiger partial charge in [-0.2, -0.15) is 13.2 Å². The summed E-state index contributed by atoms with van der Waals surface area (Å²) < 4.78 is 38.7. The maximum absolute atomic E-state index is 12.9. The van der Waals surface area contributed by atoms with Crippen molar-refractivity contribution in [3.8, 4) is 0 Å². The van der Waals surface area contributed by atoms with Crippen molar-refractivity contribution in [2.45, 2.75) is 51.4 Å². The molecule has 0 bridgehead atoms. The zero-order valence-corrected chi connectivity index (χ0v) is 19.0. The molecule has 1 aromatic rings. The second-order valence-electron chi connectivity index (χ2n) is 9.14. The molecule has 3 rings (SSSR count). The van der Waals surface area contributed by atoms with Gasteiger partial charge < -0.3 is 21.2 Å². The molecule has 4 unspecified atom stereocenters. The van der Waals surface area contributed by atoms with Crippen molar-refractivity contribution in [1.82, 2.24) is 15.1 Å². The Hall–Kier alpha value is -1.84. The van der Waals surface area contributed by atoms with E-state index in [4.69, 9.17) is 10.9 Å². The fourth-order valence-corrected chi connectivity index (χ4v) is 4.95. The number of oxime groups is 1. The Kier molecular flexibility index (Phi) is 8.41. The van der Waals surface area contributed by atoms with Gasteiger partial charge in [0.15, 0.2) is 5.84 Å². The molecule has 2 fully saturated rings. The van der Waals surface area contributed by atoms with Crippen molar-refractivity contribution in [3.05, 3.63) is 35.4 Å². The number of rotatable bonds is 7. The first-order valence-corrected chi connectivity index (χ1v) is 11.6. The Balaban J connectivity index is 1.48. The molecule has 0 amide bonds. The quantitative estimate of drug-likeness (QED) is 0.254. The van der Waals surface area contributed by atoms with Crippen molar-refractivity contribution in [3.63, 3.8) is 0 Å². The van der Waals surface area contributed by atoms with Crippen LogP contribution in [0, 0.1) is 11.8 Å². The maximum Gasteiger partial charge on any atom is 0.393 e. The third kappa shape index (κ3) is 6.14. The van der Waals surface area contributed by atoms with Crippen LogP contribution in [0.15, 0.2) is 29.4 Å². The van der Waals surface area contributed by atoms with E-state index in [0.29, 0.717) is 23.8 Å². The van der Waals surface area contributed by atoms with Gasteiger partial charge in [-0.3, -0.25) is 4.90 Å². The Morgan fingerprint density at radius 2 is 1.84 bits per heavy atom. The molecule has 0 saturated carbocycles. The van der Waals surface area contributed by atoms with Gasteiger partial charge in [-0.15, -0.1) is 0 Å². The van der Waals surface area contributed by atoms with Crippen LogP contribution in [0.2, 0.25) is 0 Å². The zero-order valence-electron chi connectivity index (χ0n) is 19.0. The summed E-state index contributed by atoms with van der Waals surface area (Å²) in [6.45, 7) is 9.12. The summed E-state index contributed by atoms with van der Waals surface area (Å²) in [4.78, 5) is 4.78. The third-order valence-electron chi connectivity index (χ3n) is 7.26. The highest BCUT2D eigenvalue weighted by atomic mass is 19.4. The lowest BCUT2D eigenvalue weighted by atomic mass is 9.85. The number of nitrogens with one attached hydrogen (secondary N) is 1. The predicted octanol–water partition coefficient (Wildman–Crippen LogP) is 3.42. The van der Waals surface area contributed by atoms with E-state index in [9.17, 15) is 13.2 Å². The van der Waals surface area contributed by atoms with E-state index in [2.05, 4.69) is 34.1 Å². The van der Waals surface area contributed by atoms with Crippen molar-refractivity contribution in [2.24, 2.45) is 22.7 Å². The molecule has 1 aromatic carbocycles. The van der Waals surface area contributed by atoms with Crippen LogP contribution in [-0.4, -0.2) is 72.5 Å². The van der Waals surface area contributed by atoms with Gasteiger partial charge in [-0.25, -0.2) is 0 Å². The molecule has 0 aromatic heterocycles. The number of hydrogen-bond donors (Lipinski definition) is 3. The highest BCUT2D eigenvalue weighted by molar-refractivity contribution is 5.96. The molecule has 2 saturated heterocycles. The lowest BCUT2D eigenvalue weighted by Gasteiger charge is -2.43. The minimum atomic E-state index is -4.10. The number of halogens is 3. The molecule has 2 aliphatic rings. The molecule has 32 heavy (non-hydrogen) atoms. The predicted molar refractivity (Wildman–Crippen MR) is 120 cm³/mol. The topological polar surface area (TPSA) is 77.1 Å². The minimum absolute atomic E-state index is 0.0262. The number of piperazine rings is 1. The maximum atomic E-state index is 12.9. The molecule has 6 nitrogen and oxygen atoms in total. The Morgan fingerprint density at radius 1 is 1.19 bits per heavy atom. The summed E-state index contributed by atoms with van der Waals surface area (Å²) in [5, 5.41) is 15.0. The Morgan fingerprint density at radius 3 is 2.34 bits per heavy atom. The molecular weight excluding hydrogens is 419 g/mol. The number of hydrogen-bond acceptors (Lipinski definition) is 5. The molecule has 0 radical (unpaired) electrons. The van der Waals surface area contributed by atoms with Crippen LogP contribution in [-0.2, 0) is 0 Å². The molecular formula is C23H36F3N5O. The monoisotopic (exact) mass is 455 g/mol. The normalized spacial score (nSPS) is 26.1. The largest absolute Gasteiger partial charge is 0.409 e. The van der Waals surface area contributed by atoms with E-state index >= 15 is 0 Å². The fraction of sp³-hybridized carbons (Fsp3) is 0.696. The number of alkyl halides is 3. The summed E-state index contributed by atoms with van der Waals surface area (Å²) in [6, 6.07) is 7.85. The SMILES string of the molecule is CCC(CN1CCN(C2CCC(C(F)(F)F)CN2)CC1)C(C)c1ccc(/C(N)=N/O)cc1. The first-order valence-electron chi connectivity index (χ1n) is 11.6. The molecule has 4 atom stereocenters. The van der Waals surface area contributed by atoms with Crippen molar-refractivity contribution < 1.29 is 18.4 Å². The first kappa shape index (κ1) is 24.8. The number of nitrogens with two attached hydrogens (primary N) is 1. The van der Waals surface area contributed by atoms with E-state index in [1.54, 1.807) is 0 Å². The number of amidine groups is 1. The second-order valence-corrected chi connectivity index (χ2v) is 9.14. The highest BCUT2D eigenvalue weighted by Crippen LogP contribution is 2.33. The molecule has 2 aliphatic heterocycles. The number of benzene rings is 1. The van der Waals surface area contributed by atoms with Crippen LogP contribution in [0.4, 0.5) is 13.2 Å². The molecule has 0 spiro atoms. The van der Waals surface area contributed by atoms with E-state index in [0.717, 1.165) is 39.1 Å². The highest BCUT2D eigenvalue weighted by Gasteiger charge is 2.42. The van der Waals surface area contributed by atoms with Crippen LogP contribution in [0.25, 0.3) is 0 Å². The summed E-state index contributed by atoms with van der Waals surface area (Å²) in [6.07, 6.45) is -2.20. The van der Waals surface area contributed by atoms with Gasteiger partial charge in [0.1, 0.15) is 0 Å². The Bertz CT molecular complexity index is 739. The van der Waals surface area contributed by atoms with Crippen molar-refractivity contribution in [1.29, 1.82) is 0 Å². The van der Waals surface area contributed by atoms with Gasteiger partial charge in [-0.1, -0.05) is 49.7 Å². The number of nitrogens with zero attached hydrogens (tertiary/aromatic N) is 3. The molecule has 9 heteroatoms. The first-order chi connectivity index (χ1) is 15.2. The van der Waals surface area contributed by atoms with E-state index in [-0.39, 0.29) is 25.0 Å². The summed E-state index contributed by atoms with van der Waals surface area (Å²) in [5.41, 5.74) is 7.59. The van der Waals surface area contributed by atoms with Gasteiger partial charge in [0, 0.05) is 44.8 Å². The van der Waals surface area contributed by atoms with Gasteiger partial charge in [-0.05, 0) is 30.2 Å². The third-order valence-corrected chi connectivity index (χ3v) is 7.26. The van der Waals surface area contributed by atoms with Crippen molar-refractivity contribution >= 4 is 5.84 Å². The lowest BCUT2D eigenvalue weighted by molar-refractivity contribution is -0.182.